The van der Waals surface area contributed by atoms with E-state index in [1.54, 1.807) is 13.2 Å². The second kappa shape index (κ2) is 12.5. The van der Waals surface area contributed by atoms with Gasteiger partial charge in [-0.2, -0.15) is 0 Å². The number of likely N-dealkylation sites (N-methyl/N-ethyl adjacent to an activating group) is 1. The number of ether oxygens (including phenoxy) is 2. The average molecular weight is 448 g/mol. The SMILES string of the molecule is CCN(CC)CCNC(=O)c1ccc(NCc2ccc(Oc3ccccc3)cc2)cc1OC. The molecule has 0 atom stereocenters. The van der Waals surface area contributed by atoms with E-state index in [-0.39, 0.29) is 5.91 Å². The number of methoxy groups -OCH3 is 1. The highest BCUT2D eigenvalue weighted by Gasteiger charge is 2.13. The largest absolute Gasteiger partial charge is 0.496 e. The van der Waals surface area contributed by atoms with Crippen LogP contribution in [0.15, 0.2) is 72.8 Å². The molecule has 3 aromatic carbocycles. The molecule has 0 aliphatic rings. The number of carbonyl (C=O) groups is 1. The maximum atomic E-state index is 12.6. The number of amides is 1. The highest BCUT2D eigenvalue weighted by molar-refractivity contribution is 5.97. The van der Waals surface area contributed by atoms with Gasteiger partial charge in [-0.25, -0.2) is 0 Å². The average Bonchev–Trinajstić information content (AvgIpc) is 2.86. The van der Waals surface area contributed by atoms with Gasteiger partial charge in [0.1, 0.15) is 17.2 Å². The molecule has 0 bridgehead atoms. The summed E-state index contributed by atoms with van der Waals surface area (Å²) in [5.74, 6) is 2.03. The van der Waals surface area contributed by atoms with Crippen molar-refractivity contribution in [2.75, 3.05) is 38.6 Å². The van der Waals surface area contributed by atoms with Crippen LogP contribution in [0.5, 0.6) is 17.2 Å². The zero-order valence-electron chi connectivity index (χ0n) is 19.6. The zero-order chi connectivity index (χ0) is 23.5. The highest BCUT2D eigenvalue weighted by atomic mass is 16.5. The molecule has 0 spiro atoms. The van der Waals surface area contributed by atoms with Gasteiger partial charge in [0.2, 0.25) is 0 Å². The van der Waals surface area contributed by atoms with Crippen LogP contribution in [0.25, 0.3) is 0 Å². The van der Waals surface area contributed by atoms with Gasteiger partial charge in [-0.05, 0) is 55.1 Å². The second-order valence-electron chi connectivity index (χ2n) is 7.61. The maximum Gasteiger partial charge on any atom is 0.255 e. The Hall–Kier alpha value is -3.51. The first-order valence-corrected chi connectivity index (χ1v) is 11.4. The molecule has 0 fully saturated rings. The van der Waals surface area contributed by atoms with E-state index >= 15 is 0 Å². The van der Waals surface area contributed by atoms with Crippen molar-refractivity contribution in [2.45, 2.75) is 20.4 Å². The standard InChI is InChI=1S/C27H33N3O3/c1-4-30(5-2)18-17-28-27(31)25-16-13-22(19-26(25)32-3)29-20-21-11-14-24(15-12-21)33-23-9-7-6-8-10-23/h6-16,19,29H,4-5,17-18,20H2,1-3H3,(H,28,31). The van der Waals surface area contributed by atoms with E-state index in [0.717, 1.165) is 42.4 Å². The van der Waals surface area contributed by atoms with Gasteiger partial charge in [0.05, 0.1) is 12.7 Å². The maximum absolute atomic E-state index is 12.6. The van der Waals surface area contributed by atoms with Gasteiger partial charge in [-0.3, -0.25) is 4.79 Å². The number of nitrogens with zero attached hydrogens (tertiary/aromatic N) is 1. The predicted molar refractivity (Wildman–Crippen MR) is 133 cm³/mol. The molecule has 0 aliphatic carbocycles. The molecule has 0 saturated carbocycles. The molecular formula is C27H33N3O3. The molecule has 3 aromatic rings. The summed E-state index contributed by atoms with van der Waals surface area (Å²) < 4.78 is 11.3. The van der Waals surface area contributed by atoms with E-state index in [1.807, 2.05) is 66.7 Å². The van der Waals surface area contributed by atoms with Crippen LogP contribution < -0.4 is 20.1 Å². The van der Waals surface area contributed by atoms with Gasteiger partial charge in [0.25, 0.3) is 5.91 Å². The summed E-state index contributed by atoms with van der Waals surface area (Å²) in [6, 6.07) is 23.2. The third kappa shape index (κ3) is 7.26. The normalized spacial score (nSPS) is 10.7. The van der Waals surface area contributed by atoms with Crippen molar-refractivity contribution in [3.05, 3.63) is 83.9 Å². The van der Waals surface area contributed by atoms with Gasteiger partial charge >= 0.3 is 0 Å². The van der Waals surface area contributed by atoms with Crippen molar-refractivity contribution >= 4 is 11.6 Å². The van der Waals surface area contributed by atoms with E-state index < -0.39 is 0 Å². The number of carbonyl (C=O) groups excluding carboxylic acids is 1. The predicted octanol–water partition coefficient (Wildman–Crippen LogP) is 5.17. The summed E-state index contributed by atoms with van der Waals surface area (Å²) in [5, 5.41) is 6.36. The van der Waals surface area contributed by atoms with Gasteiger partial charge in [-0.1, -0.05) is 44.2 Å². The van der Waals surface area contributed by atoms with Crippen molar-refractivity contribution < 1.29 is 14.3 Å². The van der Waals surface area contributed by atoms with Crippen LogP contribution in [-0.2, 0) is 6.54 Å². The summed E-state index contributed by atoms with van der Waals surface area (Å²) >= 11 is 0. The Kier molecular flexibility index (Phi) is 9.15. The first kappa shape index (κ1) is 24.1. The molecule has 0 aromatic heterocycles. The molecule has 0 aliphatic heterocycles. The lowest BCUT2D eigenvalue weighted by atomic mass is 10.1. The Balaban J connectivity index is 1.54. The van der Waals surface area contributed by atoms with Gasteiger partial charge in [-0.15, -0.1) is 0 Å². The van der Waals surface area contributed by atoms with Gasteiger partial charge in [0.15, 0.2) is 0 Å². The van der Waals surface area contributed by atoms with E-state index in [1.165, 1.54) is 0 Å². The van der Waals surface area contributed by atoms with Crippen molar-refractivity contribution in [1.82, 2.24) is 10.2 Å². The third-order valence-corrected chi connectivity index (χ3v) is 5.45. The third-order valence-electron chi connectivity index (χ3n) is 5.45. The van der Waals surface area contributed by atoms with Crippen LogP contribution in [-0.4, -0.2) is 44.1 Å². The van der Waals surface area contributed by atoms with Crippen LogP contribution in [0.4, 0.5) is 5.69 Å². The minimum Gasteiger partial charge on any atom is -0.496 e. The molecular weight excluding hydrogens is 414 g/mol. The van der Waals surface area contributed by atoms with Crippen LogP contribution in [0, 0.1) is 0 Å². The Morgan fingerprint density at radius 2 is 1.61 bits per heavy atom. The zero-order valence-corrected chi connectivity index (χ0v) is 19.6. The molecule has 6 heteroatoms. The fourth-order valence-corrected chi connectivity index (χ4v) is 3.46. The number of para-hydroxylation sites is 1. The number of rotatable bonds is 12. The minimum absolute atomic E-state index is 0.125. The molecule has 1 amide bonds. The monoisotopic (exact) mass is 447 g/mol. The Labute approximate surface area is 196 Å². The molecule has 0 saturated heterocycles. The van der Waals surface area contributed by atoms with Crippen LogP contribution >= 0.6 is 0 Å². The van der Waals surface area contributed by atoms with E-state index in [2.05, 4.69) is 29.4 Å². The lowest BCUT2D eigenvalue weighted by Crippen LogP contribution is -2.34. The summed E-state index contributed by atoms with van der Waals surface area (Å²) in [5.41, 5.74) is 2.54. The summed E-state index contributed by atoms with van der Waals surface area (Å²) in [6.45, 7) is 8.26. The fraction of sp³-hybridized carbons (Fsp3) is 0.296. The first-order valence-electron chi connectivity index (χ1n) is 11.4. The first-order chi connectivity index (χ1) is 16.1. The number of anilines is 1. The van der Waals surface area contributed by atoms with Crippen LogP contribution in [0.2, 0.25) is 0 Å². The van der Waals surface area contributed by atoms with Crippen molar-refractivity contribution in [3.8, 4) is 17.2 Å². The fourth-order valence-electron chi connectivity index (χ4n) is 3.46. The van der Waals surface area contributed by atoms with Gasteiger partial charge in [0, 0.05) is 31.4 Å². The van der Waals surface area contributed by atoms with E-state index in [0.29, 0.717) is 24.4 Å². The lowest BCUT2D eigenvalue weighted by molar-refractivity contribution is 0.0946. The molecule has 2 N–H and O–H groups in total. The Bertz CT molecular complexity index is 1000. The number of benzene rings is 3. The van der Waals surface area contributed by atoms with Crippen LogP contribution in [0.1, 0.15) is 29.8 Å². The van der Waals surface area contributed by atoms with E-state index in [4.69, 9.17) is 9.47 Å². The second-order valence-corrected chi connectivity index (χ2v) is 7.61. The molecule has 3 rings (SSSR count). The lowest BCUT2D eigenvalue weighted by Gasteiger charge is -2.18. The number of hydrogen-bond donors (Lipinski definition) is 2. The quantitative estimate of drug-likeness (QED) is 0.401. The molecule has 0 unspecified atom stereocenters. The van der Waals surface area contributed by atoms with Gasteiger partial charge < -0.3 is 25.0 Å². The molecule has 174 valence electrons. The van der Waals surface area contributed by atoms with E-state index in [9.17, 15) is 4.79 Å². The smallest absolute Gasteiger partial charge is 0.255 e. The Morgan fingerprint density at radius 3 is 2.27 bits per heavy atom. The molecule has 6 nitrogen and oxygen atoms in total. The minimum atomic E-state index is -0.125. The van der Waals surface area contributed by atoms with Crippen molar-refractivity contribution in [2.24, 2.45) is 0 Å². The Morgan fingerprint density at radius 1 is 0.909 bits per heavy atom. The molecule has 33 heavy (non-hydrogen) atoms. The summed E-state index contributed by atoms with van der Waals surface area (Å²) in [6.07, 6.45) is 0. The van der Waals surface area contributed by atoms with Crippen LogP contribution in [0.3, 0.4) is 0 Å². The van der Waals surface area contributed by atoms with Crippen molar-refractivity contribution in [1.29, 1.82) is 0 Å². The topological polar surface area (TPSA) is 62.8 Å². The number of nitrogens with one attached hydrogen (secondary N) is 2. The van der Waals surface area contributed by atoms with Crippen molar-refractivity contribution in [3.63, 3.8) is 0 Å². The summed E-state index contributed by atoms with van der Waals surface area (Å²) in [4.78, 5) is 14.9. The molecule has 0 heterocycles. The molecule has 0 radical (unpaired) electrons. The summed E-state index contributed by atoms with van der Waals surface area (Å²) in [7, 11) is 1.58. The highest BCUT2D eigenvalue weighted by Crippen LogP contribution is 2.25. The number of hydrogen-bond acceptors (Lipinski definition) is 5.